The van der Waals surface area contributed by atoms with Gasteiger partial charge in [-0.15, -0.1) is 11.3 Å². The van der Waals surface area contributed by atoms with Crippen LogP contribution in [0.5, 0.6) is 0 Å². The van der Waals surface area contributed by atoms with E-state index in [4.69, 9.17) is 0 Å². The van der Waals surface area contributed by atoms with Gasteiger partial charge in [0.2, 0.25) is 0 Å². The molecule has 1 N–H and O–H groups in total. The maximum Gasteiger partial charge on any atom is 0.271 e. The summed E-state index contributed by atoms with van der Waals surface area (Å²) < 4.78 is 39.4. The maximum atomic E-state index is 12.2. The summed E-state index contributed by atoms with van der Waals surface area (Å²) in [5.41, 5.74) is 1.15. The van der Waals surface area contributed by atoms with Crippen molar-refractivity contribution in [1.29, 1.82) is 0 Å². The summed E-state index contributed by atoms with van der Waals surface area (Å²) in [4.78, 5) is 0. The quantitative estimate of drug-likeness (QED) is 0.847. The lowest BCUT2D eigenvalue weighted by Gasteiger charge is -2.11. The molecule has 0 amide bonds. The van der Waals surface area contributed by atoms with E-state index in [1.807, 2.05) is 0 Å². The molecule has 20 heavy (non-hydrogen) atoms. The Hall–Kier alpha value is -0.700. The van der Waals surface area contributed by atoms with Crippen LogP contribution < -0.4 is 4.72 Å². The first kappa shape index (κ1) is 15.7. The van der Waals surface area contributed by atoms with Crippen LogP contribution in [0.25, 0.3) is 0 Å². The summed E-state index contributed by atoms with van der Waals surface area (Å²) in [5.74, 6) is 0.293. The van der Waals surface area contributed by atoms with E-state index < -0.39 is 20.8 Å². The Kier molecular flexibility index (Phi) is 5.00. The van der Waals surface area contributed by atoms with E-state index >= 15 is 0 Å². The SMILES string of the molecule is CS(=O)Cc1cc(Br)ccc1NS(=O)(=O)c1cccs1. The predicted molar refractivity (Wildman–Crippen MR) is 87.0 cm³/mol. The van der Waals surface area contributed by atoms with Crippen LogP contribution in [0, 0.1) is 0 Å². The van der Waals surface area contributed by atoms with Crippen LogP contribution in [-0.4, -0.2) is 18.9 Å². The van der Waals surface area contributed by atoms with E-state index in [0.29, 0.717) is 17.0 Å². The molecule has 2 rings (SSSR count). The molecule has 1 atom stereocenters. The second-order valence-corrected chi connectivity index (χ2v) is 9.26. The van der Waals surface area contributed by atoms with Gasteiger partial charge < -0.3 is 0 Å². The van der Waals surface area contributed by atoms with E-state index in [1.165, 1.54) is 0 Å². The second kappa shape index (κ2) is 6.38. The average molecular weight is 394 g/mol. The van der Waals surface area contributed by atoms with E-state index in [9.17, 15) is 12.6 Å². The molecule has 2 aromatic rings. The standard InChI is InChI=1S/C12H12BrNO3S3/c1-19(15)8-9-7-10(13)4-5-11(9)14-20(16,17)12-3-2-6-18-12/h2-7,14H,8H2,1H3. The van der Waals surface area contributed by atoms with Crippen molar-refractivity contribution < 1.29 is 12.6 Å². The minimum Gasteiger partial charge on any atom is -0.279 e. The van der Waals surface area contributed by atoms with Crippen molar-refractivity contribution in [1.82, 2.24) is 0 Å². The number of nitrogens with one attached hydrogen (secondary N) is 1. The first-order valence-electron chi connectivity index (χ1n) is 5.53. The highest BCUT2D eigenvalue weighted by atomic mass is 79.9. The van der Waals surface area contributed by atoms with Crippen molar-refractivity contribution in [3.63, 3.8) is 0 Å². The number of rotatable bonds is 5. The van der Waals surface area contributed by atoms with Gasteiger partial charge in [0, 0.05) is 21.5 Å². The Morgan fingerprint density at radius 3 is 2.70 bits per heavy atom. The summed E-state index contributed by atoms with van der Waals surface area (Å²) in [6.45, 7) is 0. The third-order valence-corrected chi connectivity index (χ3v) is 6.40. The molecule has 0 saturated carbocycles. The first-order valence-corrected chi connectivity index (χ1v) is 10.4. The lowest BCUT2D eigenvalue weighted by molar-refractivity contribution is 0.603. The van der Waals surface area contributed by atoms with Crippen molar-refractivity contribution in [3.05, 3.63) is 45.7 Å². The van der Waals surface area contributed by atoms with Gasteiger partial charge in [0.25, 0.3) is 10.0 Å². The molecule has 4 nitrogen and oxygen atoms in total. The summed E-state index contributed by atoms with van der Waals surface area (Å²) in [5, 5.41) is 1.71. The minimum atomic E-state index is -3.59. The number of sulfonamides is 1. The highest BCUT2D eigenvalue weighted by molar-refractivity contribution is 9.10. The number of benzene rings is 1. The molecule has 0 spiro atoms. The first-order chi connectivity index (χ1) is 9.38. The number of anilines is 1. The molecule has 0 bridgehead atoms. The Morgan fingerprint density at radius 2 is 2.10 bits per heavy atom. The number of hydrogen-bond acceptors (Lipinski definition) is 4. The molecule has 8 heteroatoms. The van der Waals surface area contributed by atoms with Crippen molar-refractivity contribution in [3.8, 4) is 0 Å². The Labute approximate surface area is 132 Å². The van der Waals surface area contributed by atoms with Crippen LogP contribution in [0.15, 0.2) is 44.4 Å². The van der Waals surface area contributed by atoms with Crippen LogP contribution in [0.4, 0.5) is 5.69 Å². The van der Waals surface area contributed by atoms with Crippen LogP contribution in [0.2, 0.25) is 0 Å². The lowest BCUT2D eigenvalue weighted by atomic mass is 10.2. The van der Waals surface area contributed by atoms with Gasteiger partial charge in [0.05, 0.1) is 11.4 Å². The molecular weight excluding hydrogens is 382 g/mol. The number of halogens is 1. The Balaban J connectivity index is 2.36. The molecule has 1 aromatic heterocycles. The smallest absolute Gasteiger partial charge is 0.271 e. The maximum absolute atomic E-state index is 12.2. The molecule has 0 radical (unpaired) electrons. The summed E-state index contributed by atoms with van der Waals surface area (Å²) in [6, 6.07) is 8.41. The van der Waals surface area contributed by atoms with E-state index in [1.54, 1.807) is 42.0 Å². The topological polar surface area (TPSA) is 63.2 Å². The molecular formula is C12H12BrNO3S3. The molecule has 0 fully saturated rings. The predicted octanol–water partition coefficient (Wildman–Crippen LogP) is 3.19. The highest BCUT2D eigenvalue weighted by Crippen LogP contribution is 2.26. The molecule has 108 valence electrons. The molecule has 0 aliphatic rings. The van der Waals surface area contributed by atoms with Gasteiger partial charge in [0.1, 0.15) is 4.21 Å². The van der Waals surface area contributed by atoms with Crippen LogP contribution in [0.3, 0.4) is 0 Å². The van der Waals surface area contributed by atoms with E-state index in [-0.39, 0.29) is 4.21 Å². The van der Waals surface area contributed by atoms with Crippen molar-refractivity contribution in [2.45, 2.75) is 9.96 Å². The summed E-state index contributed by atoms with van der Waals surface area (Å²) in [7, 11) is -4.64. The van der Waals surface area contributed by atoms with E-state index in [0.717, 1.165) is 15.8 Å². The van der Waals surface area contributed by atoms with Gasteiger partial charge in [-0.25, -0.2) is 8.42 Å². The fraction of sp³-hybridized carbons (Fsp3) is 0.167. The van der Waals surface area contributed by atoms with Gasteiger partial charge in [-0.1, -0.05) is 22.0 Å². The molecule has 1 heterocycles. The highest BCUT2D eigenvalue weighted by Gasteiger charge is 2.17. The molecule has 0 aliphatic heterocycles. The zero-order valence-corrected chi connectivity index (χ0v) is 14.5. The molecule has 0 aliphatic carbocycles. The largest absolute Gasteiger partial charge is 0.279 e. The van der Waals surface area contributed by atoms with Gasteiger partial charge in [-0.05, 0) is 35.2 Å². The monoisotopic (exact) mass is 393 g/mol. The van der Waals surface area contributed by atoms with Gasteiger partial charge in [-0.3, -0.25) is 8.93 Å². The lowest BCUT2D eigenvalue weighted by Crippen LogP contribution is -2.13. The Morgan fingerprint density at radius 1 is 1.35 bits per heavy atom. The van der Waals surface area contributed by atoms with Crippen LogP contribution in [-0.2, 0) is 26.6 Å². The normalized spacial score (nSPS) is 13.1. The fourth-order valence-corrected chi connectivity index (χ4v) is 4.79. The average Bonchev–Trinajstić information content (AvgIpc) is 2.86. The number of hydrogen-bond donors (Lipinski definition) is 1. The van der Waals surface area contributed by atoms with Gasteiger partial charge >= 0.3 is 0 Å². The third kappa shape index (κ3) is 3.91. The van der Waals surface area contributed by atoms with Crippen molar-refractivity contribution >= 4 is 53.8 Å². The molecule has 1 unspecified atom stereocenters. The summed E-state index contributed by atoms with van der Waals surface area (Å²) in [6.07, 6.45) is 1.58. The molecule has 0 saturated heterocycles. The zero-order chi connectivity index (χ0) is 14.8. The van der Waals surface area contributed by atoms with E-state index in [2.05, 4.69) is 20.7 Å². The van der Waals surface area contributed by atoms with Crippen LogP contribution in [0.1, 0.15) is 5.56 Å². The minimum absolute atomic E-state index is 0.254. The van der Waals surface area contributed by atoms with Gasteiger partial charge in [0.15, 0.2) is 0 Å². The third-order valence-electron chi connectivity index (χ3n) is 2.43. The van der Waals surface area contributed by atoms with Crippen LogP contribution >= 0.6 is 27.3 Å². The van der Waals surface area contributed by atoms with Crippen molar-refractivity contribution in [2.24, 2.45) is 0 Å². The Bertz CT molecular complexity index is 726. The zero-order valence-electron chi connectivity index (χ0n) is 10.5. The fourth-order valence-electron chi connectivity index (χ4n) is 1.61. The second-order valence-electron chi connectivity index (χ2n) is 4.06. The summed E-state index contributed by atoms with van der Waals surface area (Å²) >= 11 is 4.48. The van der Waals surface area contributed by atoms with Crippen molar-refractivity contribution in [2.75, 3.05) is 11.0 Å². The van der Waals surface area contributed by atoms with Gasteiger partial charge in [-0.2, -0.15) is 0 Å². The number of thiophene rings is 1. The molecule has 1 aromatic carbocycles.